The van der Waals surface area contributed by atoms with Gasteiger partial charge in [0.2, 0.25) is 6.10 Å². The van der Waals surface area contributed by atoms with E-state index in [4.69, 9.17) is 9.47 Å². The van der Waals surface area contributed by atoms with Gasteiger partial charge in [0.15, 0.2) is 18.0 Å². The van der Waals surface area contributed by atoms with E-state index in [1.54, 1.807) is 0 Å². The Labute approximate surface area is 176 Å². The van der Waals surface area contributed by atoms with E-state index in [9.17, 15) is 9.59 Å². The van der Waals surface area contributed by atoms with Gasteiger partial charge in [0, 0.05) is 5.69 Å². The van der Waals surface area contributed by atoms with E-state index in [1.807, 2.05) is 61.2 Å². The number of carbonyl (C=O) groups is 2. The molecule has 0 unspecified atom stereocenters. The van der Waals surface area contributed by atoms with Gasteiger partial charge in [-0.3, -0.25) is 9.59 Å². The monoisotopic (exact) mass is 410 g/mol. The topological polar surface area (TPSA) is 72.3 Å². The Morgan fingerprint density at radius 3 is 2.40 bits per heavy atom. The fourth-order valence-electron chi connectivity index (χ4n) is 3.99. The number of hydrogen-bond acceptors (Lipinski definition) is 4. The van der Waals surface area contributed by atoms with Crippen molar-refractivity contribution in [2.45, 2.75) is 20.0 Å². The molecule has 2 aliphatic rings. The maximum Gasteiger partial charge on any atom is 0.279 e. The summed E-state index contributed by atoms with van der Waals surface area (Å²) in [5, 5.41) is 3.04. The van der Waals surface area contributed by atoms with Crippen LogP contribution >= 0.6 is 0 Å². The highest BCUT2D eigenvalue weighted by molar-refractivity contribution is 5.93. The van der Waals surface area contributed by atoms with Crippen molar-refractivity contribution in [3.63, 3.8) is 0 Å². The number of amides is 2. The van der Waals surface area contributed by atoms with Crippen LogP contribution < -0.4 is 19.7 Å². The number of para-hydroxylation sites is 3. The van der Waals surface area contributed by atoms with E-state index in [0.717, 1.165) is 29.9 Å². The highest BCUT2D eigenvalue weighted by Gasteiger charge is 2.34. The van der Waals surface area contributed by atoms with Crippen molar-refractivity contribution < 1.29 is 24.0 Å². The molecule has 2 N–H and O–H groups in total. The zero-order valence-electron chi connectivity index (χ0n) is 17.4. The second-order valence-electron chi connectivity index (χ2n) is 7.93. The molecule has 2 amide bonds. The van der Waals surface area contributed by atoms with Crippen LogP contribution in [0.1, 0.15) is 11.1 Å². The van der Waals surface area contributed by atoms with Crippen LogP contribution in [0.5, 0.6) is 11.5 Å². The van der Waals surface area contributed by atoms with E-state index in [2.05, 4.69) is 5.32 Å². The highest BCUT2D eigenvalue weighted by atomic mass is 16.6. The lowest BCUT2D eigenvalue weighted by molar-refractivity contribution is -0.895. The maximum absolute atomic E-state index is 12.8. The van der Waals surface area contributed by atoms with E-state index < -0.39 is 6.10 Å². The van der Waals surface area contributed by atoms with Gasteiger partial charge in [0.05, 0.1) is 26.2 Å². The first-order valence-electron chi connectivity index (χ1n) is 10.4. The molecule has 0 bridgehead atoms. The standard InChI is InChI=1S/C23H27N3O4/c1-16-6-5-7-17(2)22(16)24-21(27)14-25-10-12-26(13-11-25)23(28)20-15-29-18-8-3-4-9-19(18)30-20/h3-9,20H,10-15H2,1-2H3,(H,24,27)/p+1/t20-/m1/s1. The lowest BCUT2D eigenvalue weighted by Crippen LogP contribution is -3.15. The number of ether oxygens (including phenoxy) is 2. The number of fused-ring (bicyclic) bond motifs is 1. The zero-order chi connectivity index (χ0) is 21.1. The number of quaternary nitrogens is 1. The van der Waals surface area contributed by atoms with Crippen molar-refractivity contribution >= 4 is 17.5 Å². The molecular weight excluding hydrogens is 382 g/mol. The van der Waals surface area contributed by atoms with Crippen LogP contribution in [-0.4, -0.2) is 62.1 Å². The van der Waals surface area contributed by atoms with Crippen LogP contribution in [0.4, 0.5) is 5.69 Å². The molecule has 7 nitrogen and oxygen atoms in total. The minimum atomic E-state index is -0.617. The summed E-state index contributed by atoms with van der Waals surface area (Å²) in [5.41, 5.74) is 3.01. The summed E-state index contributed by atoms with van der Waals surface area (Å²) in [6.45, 7) is 7.28. The first-order chi connectivity index (χ1) is 14.5. The van der Waals surface area contributed by atoms with Crippen molar-refractivity contribution in [1.29, 1.82) is 0 Å². The third-order valence-electron chi connectivity index (χ3n) is 5.72. The Kier molecular flexibility index (Phi) is 5.90. The molecule has 0 aliphatic carbocycles. The van der Waals surface area contributed by atoms with E-state index in [1.165, 1.54) is 4.90 Å². The number of carbonyl (C=O) groups excluding carboxylic acids is 2. The van der Waals surface area contributed by atoms with Gasteiger partial charge in [0.25, 0.3) is 11.8 Å². The number of piperazine rings is 1. The third kappa shape index (κ3) is 4.41. The third-order valence-corrected chi connectivity index (χ3v) is 5.72. The molecular formula is C23H28N3O4+. The molecule has 2 aromatic rings. The molecule has 158 valence electrons. The summed E-state index contributed by atoms with van der Waals surface area (Å²) in [6.07, 6.45) is -0.617. The molecule has 0 radical (unpaired) electrons. The van der Waals surface area contributed by atoms with E-state index in [0.29, 0.717) is 31.1 Å². The minimum absolute atomic E-state index is 0.00259. The Bertz CT molecular complexity index is 918. The van der Waals surface area contributed by atoms with Crippen molar-refractivity contribution in [3.05, 3.63) is 53.6 Å². The van der Waals surface area contributed by atoms with Crippen LogP contribution in [0.15, 0.2) is 42.5 Å². The fourth-order valence-corrected chi connectivity index (χ4v) is 3.99. The van der Waals surface area contributed by atoms with Crippen LogP contribution in [-0.2, 0) is 9.59 Å². The average Bonchev–Trinajstić information content (AvgIpc) is 2.76. The average molecular weight is 410 g/mol. The number of anilines is 1. The Morgan fingerprint density at radius 2 is 1.70 bits per heavy atom. The second-order valence-corrected chi connectivity index (χ2v) is 7.93. The highest BCUT2D eigenvalue weighted by Crippen LogP contribution is 2.31. The smallest absolute Gasteiger partial charge is 0.279 e. The van der Waals surface area contributed by atoms with Gasteiger partial charge < -0.3 is 24.6 Å². The summed E-state index contributed by atoms with van der Waals surface area (Å²) in [4.78, 5) is 28.3. The van der Waals surface area contributed by atoms with Gasteiger partial charge >= 0.3 is 0 Å². The van der Waals surface area contributed by atoms with Gasteiger partial charge in [-0.1, -0.05) is 30.3 Å². The maximum atomic E-state index is 12.8. The number of rotatable bonds is 4. The van der Waals surface area contributed by atoms with Crippen LogP contribution in [0.2, 0.25) is 0 Å². The van der Waals surface area contributed by atoms with Gasteiger partial charge in [0.1, 0.15) is 6.61 Å². The molecule has 1 saturated heterocycles. The van der Waals surface area contributed by atoms with Crippen LogP contribution in [0.25, 0.3) is 0 Å². The van der Waals surface area contributed by atoms with E-state index >= 15 is 0 Å². The molecule has 30 heavy (non-hydrogen) atoms. The first-order valence-corrected chi connectivity index (χ1v) is 10.4. The minimum Gasteiger partial charge on any atom is -0.485 e. The van der Waals surface area contributed by atoms with Gasteiger partial charge in [-0.05, 0) is 37.1 Å². The number of aryl methyl sites for hydroxylation is 2. The van der Waals surface area contributed by atoms with Gasteiger partial charge in [-0.25, -0.2) is 0 Å². The molecule has 1 fully saturated rings. The van der Waals surface area contributed by atoms with Crippen molar-refractivity contribution in [3.8, 4) is 11.5 Å². The molecule has 0 saturated carbocycles. The van der Waals surface area contributed by atoms with Crippen molar-refractivity contribution in [2.24, 2.45) is 0 Å². The molecule has 0 aromatic heterocycles. The van der Waals surface area contributed by atoms with Crippen molar-refractivity contribution in [2.75, 3.05) is 44.6 Å². The predicted molar refractivity (Wildman–Crippen MR) is 113 cm³/mol. The molecule has 2 aliphatic heterocycles. The Morgan fingerprint density at radius 1 is 1.03 bits per heavy atom. The SMILES string of the molecule is Cc1cccc(C)c1NC(=O)C[NH+]1CCN(C(=O)[C@H]2COc3ccccc3O2)CC1. The molecule has 1 atom stereocenters. The summed E-state index contributed by atoms with van der Waals surface area (Å²) >= 11 is 0. The summed E-state index contributed by atoms with van der Waals surface area (Å²) in [6, 6.07) is 13.4. The lowest BCUT2D eigenvalue weighted by Gasteiger charge is -2.35. The molecule has 7 heteroatoms. The Hall–Kier alpha value is -3.06. The number of nitrogens with one attached hydrogen (secondary N) is 2. The molecule has 4 rings (SSSR count). The number of hydrogen-bond donors (Lipinski definition) is 2. The van der Waals surface area contributed by atoms with Gasteiger partial charge in [-0.2, -0.15) is 0 Å². The van der Waals surface area contributed by atoms with Crippen molar-refractivity contribution in [1.82, 2.24) is 4.90 Å². The summed E-state index contributed by atoms with van der Waals surface area (Å²) in [5.74, 6) is 1.23. The summed E-state index contributed by atoms with van der Waals surface area (Å²) in [7, 11) is 0. The predicted octanol–water partition coefficient (Wildman–Crippen LogP) is 0.809. The number of nitrogens with zero attached hydrogens (tertiary/aromatic N) is 1. The fraction of sp³-hybridized carbons (Fsp3) is 0.391. The molecule has 0 spiro atoms. The van der Waals surface area contributed by atoms with Crippen LogP contribution in [0.3, 0.4) is 0 Å². The zero-order valence-corrected chi connectivity index (χ0v) is 17.4. The van der Waals surface area contributed by atoms with E-state index in [-0.39, 0.29) is 18.4 Å². The second kappa shape index (κ2) is 8.75. The Balaban J connectivity index is 1.27. The number of benzene rings is 2. The normalized spacial score (nSPS) is 18.7. The largest absolute Gasteiger partial charge is 0.485 e. The quantitative estimate of drug-likeness (QED) is 0.783. The summed E-state index contributed by atoms with van der Waals surface area (Å²) < 4.78 is 11.5. The van der Waals surface area contributed by atoms with Crippen LogP contribution in [0, 0.1) is 13.8 Å². The molecule has 2 heterocycles. The first kappa shape index (κ1) is 20.2. The molecule has 2 aromatic carbocycles. The lowest BCUT2D eigenvalue weighted by atomic mass is 10.1. The van der Waals surface area contributed by atoms with Gasteiger partial charge in [-0.15, -0.1) is 0 Å².